The summed E-state index contributed by atoms with van der Waals surface area (Å²) in [7, 11) is 0. The van der Waals surface area contributed by atoms with Gasteiger partial charge >= 0.3 is 0 Å². The monoisotopic (exact) mass is 228 g/mol. The highest BCUT2D eigenvalue weighted by Gasteiger charge is 2.25. The third kappa shape index (κ3) is 4.10. The molecule has 1 aliphatic heterocycles. The first kappa shape index (κ1) is 13.5. The van der Waals surface area contributed by atoms with Crippen LogP contribution in [0.25, 0.3) is 0 Å². The van der Waals surface area contributed by atoms with Crippen LogP contribution in [0.1, 0.15) is 27.2 Å². The molecular formula is C12H24N2O2. The predicted molar refractivity (Wildman–Crippen MR) is 64.3 cm³/mol. The van der Waals surface area contributed by atoms with Crippen LogP contribution < -0.4 is 5.32 Å². The quantitative estimate of drug-likeness (QED) is 0.518. The summed E-state index contributed by atoms with van der Waals surface area (Å²) in [5.74, 6) is 0.744. The van der Waals surface area contributed by atoms with Crippen molar-refractivity contribution in [2.45, 2.75) is 39.3 Å². The van der Waals surface area contributed by atoms with Gasteiger partial charge in [-0.15, -0.1) is 0 Å². The van der Waals surface area contributed by atoms with E-state index in [1.54, 1.807) is 0 Å². The number of rotatable bonds is 7. The highest BCUT2D eigenvalue weighted by atomic mass is 16.5. The molecule has 0 saturated carbocycles. The van der Waals surface area contributed by atoms with Gasteiger partial charge in [0.1, 0.15) is 6.61 Å². The molecule has 2 unspecified atom stereocenters. The van der Waals surface area contributed by atoms with Crippen molar-refractivity contribution in [2.24, 2.45) is 5.92 Å². The highest BCUT2D eigenvalue weighted by Crippen LogP contribution is 2.16. The first-order valence-electron chi connectivity index (χ1n) is 6.17. The third-order valence-electron chi connectivity index (χ3n) is 3.42. The Labute approximate surface area is 98.3 Å². The van der Waals surface area contributed by atoms with Crippen molar-refractivity contribution >= 4 is 6.47 Å². The molecule has 4 nitrogen and oxygen atoms in total. The summed E-state index contributed by atoms with van der Waals surface area (Å²) in [6.45, 7) is 10.7. The molecule has 0 spiro atoms. The number of nitrogens with zero attached hydrogens (tertiary/aromatic N) is 1. The first-order chi connectivity index (χ1) is 7.65. The van der Waals surface area contributed by atoms with Crippen molar-refractivity contribution in [1.29, 1.82) is 0 Å². The molecule has 1 aliphatic rings. The lowest BCUT2D eigenvalue weighted by atomic mass is 10.0. The summed E-state index contributed by atoms with van der Waals surface area (Å²) in [5, 5.41) is 3.53. The molecule has 1 fully saturated rings. The van der Waals surface area contributed by atoms with Crippen LogP contribution >= 0.6 is 0 Å². The minimum absolute atomic E-state index is 0.489. The first-order valence-corrected chi connectivity index (χ1v) is 6.17. The average Bonchev–Trinajstić information content (AvgIpc) is 2.63. The minimum atomic E-state index is 0.489. The average molecular weight is 228 g/mol. The maximum atomic E-state index is 10.1. The fourth-order valence-electron chi connectivity index (χ4n) is 2.17. The van der Waals surface area contributed by atoms with E-state index in [9.17, 15) is 4.79 Å². The van der Waals surface area contributed by atoms with E-state index in [0.29, 0.717) is 25.2 Å². The Kier molecular flexibility index (Phi) is 5.77. The Morgan fingerprint density at radius 3 is 2.81 bits per heavy atom. The zero-order valence-electron chi connectivity index (χ0n) is 10.6. The number of hydrogen-bond acceptors (Lipinski definition) is 4. The van der Waals surface area contributed by atoms with Crippen molar-refractivity contribution < 1.29 is 9.53 Å². The van der Waals surface area contributed by atoms with E-state index >= 15 is 0 Å². The lowest BCUT2D eigenvalue weighted by Crippen LogP contribution is -2.44. The maximum Gasteiger partial charge on any atom is 0.293 e. The van der Waals surface area contributed by atoms with Crippen LogP contribution in [0.3, 0.4) is 0 Å². The molecule has 0 aliphatic carbocycles. The van der Waals surface area contributed by atoms with Crippen LogP contribution in [0.2, 0.25) is 0 Å². The molecule has 1 saturated heterocycles. The van der Waals surface area contributed by atoms with Crippen LogP contribution in [-0.4, -0.2) is 49.7 Å². The molecule has 94 valence electrons. The lowest BCUT2D eigenvalue weighted by Gasteiger charge is -2.30. The number of ether oxygens (including phenoxy) is 1. The molecule has 0 amide bonds. The zero-order chi connectivity index (χ0) is 12.0. The van der Waals surface area contributed by atoms with Gasteiger partial charge in [-0.1, -0.05) is 6.92 Å². The largest absolute Gasteiger partial charge is 0.467 e. The van der Waals surface area contributed by atoms with Gasteiger partial charge in [0.2, 0.25) is 0 Å². The summed E-state index contributed by atoms with van der Waals surface area (Å²) in [6, 6.07) is 1.07. The Morgan fingerprint density at radius 1 is 1.56 bits per heavy atom. The molecular weight excluding hydrogens is 204 g/mol. The second kappa shape index (κ2) is 6.86. The molecule has 0 aromatic heterocycles. The number of carbonyl (C=O) groups excluding carboxylic acids is 1. The summed E-state index contributed by atoms with van der Waals surface area (Å²) in [6.07, 6.45) is 1.27. The molecule has 1 N–H and O–H groups in total. The fourth-order valence-corrected chi connectivity index (χ4v) is 2.17. The van der Waals surface area contributed by atoms with Crippen LogP contribution in [0.15, 0.2) is 0 Å². The molecule has 0 aromatic rings. The van der Waals surface area contributed by atoms with Crippen molar-refractivity contribution in [3.63, 3.8) is 0 Å². The zero-order valence-corrected chi connectivity index (χ0v) is 10.6. The Balaban J connectivity index is 2.34. The van der Waals surface area contributed by atoms with Crippen molar-refractivity contribution in [1.82, 2.24) is 10.2 Å². The van der Waals surface area contributed by atoms with E-state index in [-0.39, 0.29) is 0 Å². The molecule has 1 rings (SSSR count). The van der Waals surface area contributed by atoms with E-state index in [2.05, 4.69) is 31.0 Å². The van der Waals surface area contributed by atoms with Crippen LogP contribution in [-0.2, 0) is 9.53 Å². The maximum absolute atomic E-state index is 10.1. The highest BCUT2D eigenvalue weighted by molar-refractivity contribution is 5.36. The SMILES string of the molecule is CC1CCNC1CN(CCOC=O)C(C)C. The van der Waals surface area contributed by atoms with Gasteiger partial charge in [-0.05, 0) is 32.7 Å². The van der Waals surface area contributed by atoms with Gasteiger partial charge in [0.05, 0.1) is 0 Å². The third-order valence-corrected chi connectivity index (χ3v) is 3.42. The Hall–Kier alpha value is -0.610. The van der Waals surface area contributed by atoms with Gasteiger partial charge in [-0.2, -0.15) is 0 Å². The van der Waals surface area contributed by atoms with Crippen LogP contribution in [0.4, 0.5) is 0 Å². The molecule has 2 atom stereocenters. The Bertz CT molecular complexity index is 209. The van der Waals surface area contributed by atoms with Crippen LogP contribution in [0.5, 0.6) is 0 Å². The molecule has 0 aromatic carbocycles. The van der Waals surface area contributed by atoms with Crippen molar-refractivity contribution in [3.8, 4) is 0 Å². The van der Waals surface area contributed by atoms with Gasteiger partial charge in [0, 0.05) is 25.2 Å². The normalized spacial score (nSPS) is 25.3. The summed E-state index contributed by atoms with van der Waals surface area (Å²) >= 11 is 0. The van der Waals surface area contributed by atoms with Gasteiger partial charge in [0.15, 0.2) is 0 Å². The van der Waals surface area contributed by atoms with Crippen molar-refractivity contribution in [2.75, 3.05) is 26.2 Å². The summed E-state index contributed by atoms with van der Waals surface area (Å²) in [5.41, 5.74) is 0. The van der Waals surface area contributed by atoms with E-state index in [0.717, 1.165) is 25.6 Å². The molecule has 16 heavy (non-hydrogen) atoms. The molecule has 0 bridgehead atoms. The van der Waals surface area contributed by atoms with Gasteiger partial charge in [-0.25, -0.2) is 0 Å². The van der Waals surface area contributed by atoms with Crippen molar-refractivity contribution in [3.05, 3.63) is 0 Å². The van der Waals surface area contributed by atoms with Gasteiger partial charge < -0.3 is 10.1 Å². The Morgan fingerprint density at radius 2 is 2.31 bits per heavy atom. The van der Waals surface area contributed by atoms with Gasteiger partial charge in [0.25, 0.3) is 6.47 Å². The van der Waals surface area contributed by atoms with E-state index < -0.39 is 0 Å². The topological polar surface area (TPSA) is 41.6 Å². The lowest BCUT2D eigenvalue weighted by molar-refractivity contribution is -0.129. The fraction of sp³-hybridized carbons (Fsp3) is 0.917. The molecule has 1 heterocycles. The predicted octanol–water partition coefficient (Wildman–Crippen LogP) is 0.868. The van der Waals surface area contributed by atoms with Crippen LogP contribution in [0, 0.1) is 5.92 Å². The number of nitrogens with one attached hydrogen (secondary N) is 1. The second-order valence-corrected chi connectivity index (χ2v) is 4.88. The molecule has 0 radical (unpaired) electrons. The number of hydrogen-bond donors (Lipinski definition) is 1. The smallest absolute Gasteiger partial charge is 0.293 e. The second-order valence-electron chi connectivity index (χ2n) is 4.88. The minimum Gasteiger partial charge on any atom is -0.467 e. The number of carbonyl (C=O) groups is 1. The molecule has 4 heteroatoms. The van der Waals surface area contributed by atoms with E-state index in [1.165, 1.54) is 6.42 Å². The van der Waals surface area contributed by atoms with Gasteiger partial charge in [-0.3, -0.25) is 9.69 Å². The summed E-state index contributed by atoms with van der Waals surface area (Å²) in [4.78, 5) is 12.5. The van der Waals surface area contributed by atoms with E-state index in [1.807, 2.05) is 0 Å². The standard InChI is InChI=1S/C12H24N2O2/c1-10(2)14(6-7-16-9-15)8-12-11(3)4-5-13-12/h9-13H,4-8H2,1-3H3. The summed E-state index contributed by atoms with van der Waals surface area (Å²) < 4.78 is 4.76. The van der Waals surface area contributed by atoms with E-state index in [4.69, 9.17) is 4.74 Å².